The lowest BCUT2D eigenvalue weighted by atomic mass is 9.88. The number of rotatable bonds is 7. The first-order valence-corrected chi connectivity index (χ1v) is 11.0. The Hall–Kier alpha value is -2.95. The fraction of sp³-hybridized carbons (Fsp3) is 0.296. The SMILES string of the molecule is CC(NC1(CNC(=O)c2ccccc2-c2ccccc2)CCOCC1)c1ccccc1. The van der Waals surface area contributed by atoms with Gasteiger partial charge >= 0.3 is 0 Å². The maximum Gasteiger partial charge on any atom is 0.251 e. The van der Waals surface area contributed by atoms with Gasteiger partial charge < -0.3 is 15.4 Å². The Labute approximate surface area is 184 Å². The second-order valence-corrected chi connectivity index (χ2v) is 8.26. The van der Waals surface area contributed by atoms with Crippen LogP contribution >= 0.6 is 0 Å². The van der Waals surface area contributed by atoms with Crippen molar-refractivity contribution in [2.75, 3.05) is 19.8 Å². The van der Waals surface area contributed by atoms with Crippen LogP contribution < -0.4 is 10.6 Å². The summed E-state index contributed by atoms with van der Waals surface area (Å²) in [4.78, 5) is 13.2. The van der Waals surface area contributed by atoms with E-state index >= 15 is 0 Å². The molecule has 4 heteroatoms. The van der Waals surface area contributed by atoms with Gasteiger partial charge in [-0.15, -0.1) is 0 Å². The first-order valence-electron chi connectivity index (χ1n) is 11.0. The Morgan fingerprint density at radius 3 is 2.23 bits per heavy atom. The first kappa shape index (κ1) is 21.3. The molecule has 4 nitrogen and oxygen atoms in total. The molecule has 1 heterocycles. The minimum atomic E-state index is -0.190. The quantitative estimate of drug-likeness (QED) is 0.573. The third-order valence-corrected chi connectivity index (χ3v) is 6.12. The van der Waals surface area contributed by atoms with Gasteiger partial charge in [-0.05, 0) is 42.5 Å². The molecule has 0 aliphatic carbocycles. The average Bonchev–Trinajstić information content (AvgIpc) is 2.84. The van der Waals surface area contributed by atoms with Gasteiger partial charge in [-0.25, -0.2) is 0 Å². The fourth-order valence-electron chi connectivity index (χ4n) is 4.31. The van der Waals surface area contributed by atoms with Gasteiger partial charge in [0, 0.05) is 36.9 Å². The van der Waals surface area contributed by atoms with Crippen LogP contribution in [0.2, 0.25) is 0 Å². The molecular weight excluding hydrogens is 384 g/mol. The summed E-state index contributed by atoms with van der Waals surface area (Å²) < 4.78 is 5.63. The van der Waals surface area contributed by atoms with E-state index in [2.05, 4.69) is 41.8 Å². The summed E-state index contributed by atoms with van der Waals surface area (Å²) in [7, 11) is 0. The van der Waals surface area contributed by atoms with Gasteiger partial charge in [0.2, 0.25) is 0 Å². The van der Waals surface area contributed by atoms with E-state index in [-0.39, 0.29) is 17.5 Å². The third-order valence-electron chi connectivity index (χ3n) is 6.12. The number of nitrogens with one attached hydrogen (secondary N) is 2. The molecule has 2 N–H and O–H groups in total. The summed E-state index contributed by atoms with van der Waals surface area (Å²) >= 11 is 0. The van der Waals surface area contributed by atoms with E-state index in [1.807, 2.05) is 60.7 Å². The molecule has 160 valence electrons. The topological polar surface area (TPSA) is 50.4 Å². The van der Waals surface area contributed by atoms with Crippen molar-refractivity contribution in [1.29, 1.82) is 0 Å². The Balaban J connectivity index is 1.50. The standard InChI is InChI=1S/C27H30N2O2/c1-21(22-10-4-2-5-11-22)29-27(16-18-31-19-17-27)20-28-26(30)25-15-9-8-14-24(25)23-12-6-3-7-13-23/h2-15,21,29H,16-20H2,1H3,(H,28,30). The molecule has 1 fully saturated rings. The monoisotopic (exact) mass is 414 g/mol. The number of hydrogen-bond donors (Lipinski definition) is 2. The zero-order chi connectivity index (χ0) is 21.5. The van der Waals surface area contributed by atoms with Crippen LogP contribution in [0.1, 0.15) is 41.7 Å². The van der Waals surface area contributed by atoms with Crippen LogP contribution in [0.5, 0.6) is 0 Å². The van der Waals surface area contributed by atoms with Crippen molar-refractivity contribution in [2.45, 2.75) is 31.3 Å². The van der Waals surface area contributed by atoms with Gasteiger partial charge in [-0.1, -0.05) is 78.9 Å². The van der Waals surface area contributed by atoms with Gasteiger partial charge in [0.05, 0.1) is 0 Å². The molecule has 1 aliphatic rings. The van der Waals surface area contributed by atoms with Crippen LogP contribution in [0.4, 0.5) is 0 Å². The van der Waals surface area contributed by atoms with E-state index in [9.17, 15) is 4.79 Å². The average molecular weight is 415 g/mol. The van der Waals surface area contributed by atoms with Crippen molar-refractivity contribution in [3.63, 3.8) is 0 Å². The molecule has 3 aromatic rings. The van der Waals surface area contributed by atoms with Crippen molar-refractivity contribution in [3.8, 4) is 11.1 Å². The highest BCUT2D eigenvalue weighted by Crippen LogP contribution is 2.26. The molecule has 31 heavy (non-hydrogen) atoms. The molecule has 4 rings (SSSR count). The van der Waals surface area contributed by atoms with Crippen molar-refractivity contribution >= 4 is 5.91 Å². The highest BCUT2D eigenvalue weighted by atomic mass is 16.5. The second kappa shape index (κ2) is 9.90. The minimum absolute atomic E-state index is 0.0421. The Bertz CT molecular complexity index is 982. The molecule has 1 saturated heterocycles. The van der Waals surface area contributed by atoms with Gasteiger partial charge in [-0.2, -0.15) is 0 Å². The third kappa shape index (κ3) is 5.22. The molecule has 1 aliphatic heterocycles. The molecule has 0 bridgehead atoms. The number of amides is 1. The smallest absolute Gasteiger partial charge is 0.251 e. The van der Waals surface area contributed by atoms with Crippen molar-refractivity contribution in [2.24, 2.45) is 0 Å². The Kier molecular flexibility index (Phi) is 6.80. The highest BCUT2D eigenvalue weighted by Gasteiger charge is 2.34. The van der Waals surface area contributed by atoms with Gasteiger partial charge in [0.1, 0.15) is 0 Å². The molecule has 0 radical (unpaired) electrons. The van der Waals surface area contributed by atoms with E-state index in [1.165, 1.54) is 5.56 Å². The number of carbonyl (C=O) groups is 1. The lowest BCUT2D eigenvalue weighted by Gasteiger charge is -2.40. The van der Waals surface area contributed by atoms with Crippen molar-refractivity contribution in [3.05, 3.63) is 96.1 Å². The van der Waals surface area contributed by atoms with E-state index in [4.69, 9.17) is 4.74 Å². The molecule has 3 aromatic carbocycles. The Morgan fingerprint density at radius 2 is 1.52 bits per heavy atom. The maximum absolute atomic E-state index is 13.2. The normalized spacial score (nSPS) is 16.4. The molecule has 0 saturated carbocycles. The molecular formula is C27H30N2O2. The molecule has 0 spiro atoms. The summed E-state index contributed by atoms with van der Waals surface area (Å²) in [5, 5.41) is 7.03. The van der Waals surface area contributed by atoms with Gasteiger partial charge in [-0.3, -0.25) is 4.79 Å². The van der Waals surface area contributed by atoms with E-state index in [0.717, 1.165) is 24.0 Å². The highest BCUT2D eigenvalue weighted by molar-refractivity contribution is 6.00. The van der Waals surface area contributed by atoms with Gasteiger partial charge in [0.15, 0.2) is 0 Å². The van der Waals surface area contributed by atoms with Crippen molar-refractivity contribution in [1.82, 2.24) is 10.6 Å². The van der Waals surface area contributed by atoms with E-state index in [0.29, 0.717) is 25.3 Å². The number of benzene rings is 3. The molecule has 1 unspecified atom stereocenters. The summed E-state index contributed by atoms with van der Waals surface area (Å²) in [5.41, 5.74) is 3.75. The van der Waals surface area contributed by atoms with E-state index < -0.39 is 0 Å². The fourth-order valence-corrected chi connectivity index (χ4v) is 4.31. The second-order valence-electron chi connectivity index (χ2n) is 8.26. The summed E-state index contributed by atoms with van der Waals surface area (Å²) in [6.45, 7) is 4.14. The van der Waals surface area contributed by atoms with Crippen LogP contribution in [0.15, 0.2) is 84.9 Å². The predicted molar refractivity (Wildman–Crippen MR) is 125 cm³/mol. The van der Waals surface area contributed by atoms with Crippen LogP contribution in [-0.2, 0) is 4.74 Å². The number of ether oxygens (including phenoxy) is 1. The minimum Gasteiger partial charge on any atom is -0.381 e. The molecule has 0 aromatic heterocycles. The van der Waals surface area contributed by atoms with Crippen LogP contribution in [0, 0.1) is 0 Å². The van der Waals surface area contributed by atoms with Crippen LogP contribution in [0.25, 0.3) is 11.1 Å². The van der Waals surface area contributed by atoms with Gasteiger partial charge in [0.25, 0.3) is 5.91 Å². The first-order chi connectivity index (χ1) is 15.2. The zero-order valence-corrected chi connectivity index (χ0v) is 18.0. The lowest BCUT2D eigenvalue weighted by Crippen LogP contribution is -2.57. The summed E-state index contributed by atoms with van der Waals surface area (Å²) in [6.07, 6.45) is 1.73. The Morgan fingerprint density at radius 1 is 0.903 bits per heavy atom. The lowest BCUT2D eigenvalue weighted by molar-refractivity contribution is 0.0332. The zero-order valence-electron chi connectivity index (χ0n) is 18.0. The van der Waals surface area contributed by atoms with Crippen LogP contribution in [-0.4, -0.2) is 31.2 Å². The van der Waals surface area contributed by atoms with Crippen LogP contribution in [0.3, 0.4) is 0 Å². The molecule has 1 atom stereocenters. The number of carbonyl (C=O) groups excluding carboxylic acids is 1. The number of hydrogen-bond acceptors (Lipinski definition) is 3. The van der Waals surface area contributed by atoms with E-state index in [1.54, 1.807) is 0 Å². The largest absolute Gasteiger partial charge is 0.381 e. The van der Waals surface area contributed by atoms with Crippen molar-refractivity contribution < 1.29 is 9.53 Å². The maximum atomic E-state index is 13.2. The predicted octanol–water partition coefficient (Wildman–Crippen LogP) is 4.98. The molecule has 1 amide bonds. The summed E-state index contributed by atoms with van der Waals surface area (Å²) in [5.74, 6) is -0.0421. The summed E-state index contributed by atoms with van der Waals surface area (Å²) in [6, 6.07) is 28.5.